The number of esters is 2. The molecule has 0 aromatic heterocycles. The summed E-state index contributed by atoms with van der Waals surface area (Å²) in [5, 5.41) is 0. The minimum absolute atomic E-state index is 0.0536. The molecule has 0 unspecified atom stereocenters. The van der Waals surface area contributed by atoms with Crippen molar-refractivity contribution in [3.05, 3.63) is 54.1 Å². The Balaban J connectivity index is 2.20. The number of carbonyl (C=O) groups excluding carboxylic acids is 2. The van der Waals surface area contributed by atoms with Gasteiger partial charge in [-0.15, -0.1) is 0 Å². The van der Waals surface area contributed by atoms with Gasteiger partial charge < -0.3 is 9.47 Å². The maximum Gasteiger partial charge on any atom is 0.330 e. The molecule has 0 heterocycles. The molecule has 0 atom stereocenters. The first-order valence-electron chi connectivity index (χ1n) is 6.43. The number of hydrogen-bond acceptors (Lipinski definition) is 4. The van der Waals surface area contributed by atoms with Gasteiger partial charge in [0.15, 0.2) is 0 Å². The third-order valence-electron chi connectivity index (χ3n) is 2.28. The molecule has 0 saturated heterocycles. The van der Waals surface area contributed by atoms with Crippen LogP contribution in [0, 0.1) is 0 Å². The largest absolute Gasteiger partial charge is 0.463 e. The Bertz CT molecular complexity index is 475. The summed E-state index contributed by atoms with van der Waals surface area (Å²) < 4.78 is 9.66. The number of ether oxygens (including phenoxy) is 2. The molecule has 0 aliphatic rings. The Morgan fingerprint density at radius 2 is 1.85 bits per heavy atom. The van der Waals surface area contributed by atoms with Gasteiger partial charge in [0.1, 0.15) is 6.61 Å². The highest BCUT2D eigenvalue weighted by Gasteiger charge is 1.99. The van der Waals surface area contributed by atoms with E-state index in [4.69, 9.17) is 4.74 Å². The highest BCUT2D eigenvalue weighted by atomic mass is 16.5. The molecule has 1 aromatic rings. The number of rotatable bonds is 7. The van der Waals surface area contributed by atoms with E-state index < -0.39 is 5.97 Å². The summed E-state index contributed by atoms with van der Waals surface area (Å²) >= 11 is 0. The Morgan fingerprint density at radius 1 is 1.10 bits per heavy atom. The van der Waals surface area contributed by atoms with Crippen LogP contribution < -0.4 is 0 Å². The average molecular weight is 274 g/mol. The van der Waals surface area contributed by atoms with Crippen molar-refractivity contribution in [3.8, 4) is 0 Å². The summed E-state index contributed by atoms with van der Waals surface area (Å²) in [6, 6.07) is 9.73. The number of benzene rings is 1. The van der Waals surface area contributed by atoms with Gasteiger partial charge in [0.05, 0.1) is 13.0 Å². The van der Waals surface area contributed by atoms with Crippen molar-refractivity contribution >= 4 is 18.0 Å². The monoisotopic (exact) mass is 274 g/mol. The van der Waals surface area contributed by atoms with Gasteiger partial charge in [-0.1, -0.05) is 42.5 Å². The van der Waals surface area contributed by atoms with Crippen LogP contribution in [0.2, 0.25) is 0 Å². The van der Waals surface area contributed by atoms with Gasteiger partial charge in [-0.05, 0) is 18.6 Å². The van der Waals surface area contributed by atoms with Gasteiger partial charge in [0, 0.05) is 6.08 Å². The maximum absolute atomic E-state index is 11.3. The van der Waals surface area contributed by atoms with Gasteiger partial charge >= 0.3 is 11.9 Å². The fourth-order valence-electron chi connectivity index (χ4n) is 1.39. The summed E-state index contributed by atoms with van der Waals surface area (Å²) in [7, 11) is 0. The van der Waals surface area contributed by atoms with E-state index in [0.29, 0.717) is 6.61 Å². The molecule has 0 N–H and O–H groups in total. The average Bonchev–Trinajstić information content (AvgIpc) is 2.45. The Hall–Kier alpha value is -2.36. The molecule has 0 fully saturated rings. The smallest absolute Gasteiger partial charge is 0.330 e. The molecule has 4 heteroatoms. The second kappa shape index (κ2) is 9.55. The highest BCUT2D eigenvalue weighted by molar-refractivity contribution is 5.83. The molecule has 0 aliphatic carbocycles. The molecular formula is C16H18O4. The second-order valence-electron chi connectivity index (χ2n) is 3.85. The SMILES string of the molecule is CCOC(=O)/C=C\CC(=O)OC/C=C/c1ccccc1. The van der Waals surface area contributed by atoms with Crippen LogP contribution in [0.15, 0.2) is 48.6 Å². The topological polar surface area (TPSA) is 52.6 Å². The standard InChI is InChI=1S/C16H18O4/c1-2-19-15(17)11-6-12-16(18)20-13-7-10-14-8-4-3-5-9-14/h3-11H,2,12-13H2,1H3/b10-7+,11-6-. The normalized spacial score (nSPS) is 10.8. The van der Waals surface area contributed by atoms with E-state index in [1.807, 2.05) is 36.4 Å². The molecule has 4 nitrogen and oxygen atoms in total. The summed E-state index contributed by atoms with van der Waals surface area (Å²) in [5.41, 5.74) is 1.05. The molecule has 1 rings (SSSR count). The quantitative estimate of drug-likeness (QED) is 0.566. The Kier molecular flexibility index (Phi) is 7.50. The van der Waals surface area contributed by atoms with Crippen LogP contribution in [0.1, 0.15) is 18.9 Å². The van der Waals surface area contributed by atoms with Crippen LogP contribution in [-0.2, 0) is 19.1 Å². The molecule has 106 valence electrons. The van der Waals surface area contributed by atoms with Crippen molar-refractivity contribution < 1.29 is 19.1 Å². The molecule has 0 bridgehead atoms. The van der Waals surface area contributed by atoms with Crippen LogP contribution >= 0.6 is 0 Å². The van der Waals surface area contributed by atoms with Crippen LogP contribution in [0.25, 0.3) is 6.08 Å². The third-order valence-corrected chi connectivity index (χ3v) is 2.28. The molecule has 0 saturated carbocycles. The molecular weight excluding hydrogens is 256 g/mol. The number of hydrogen-bond donors (Lipinski definition) is 0. The Morgan fingerprint density at radius 3 is 2.55 bits per heavy atom. The maximum atomic E-state index is 11.3. The molecule has 0 spiro atoms. The van der Waals surface area contributed by atoms with E-state index >= 15 is 0 Å². The van der Waals surface area contributed by atoms with Crippen molar-refractivity contribution in [2.45, 2.75) is 13.3 Å². The van der Waals surface area contributed by atoms with Crippen LogP contribution in [0.5, 0.6) is 0 Å². The molecule has 0 aliphatic heterocycles. The Labute approximate surface area is 118 Å². The summed E-state index contributed by atoms with van der Waals surface area (Å²) in [5.74, 6) is -0.840. The van der Waals surface area contributed by atoms with E-state index in [-0.39, 0.29) is 19.0 Å². The van der Waals surface area contributed by atoms with Crippen LogP contribution in [0.3, 0.4) is 0 Å². The molecule has 1 aromatic carbocycles. The molecule has 20 heavy (non-hydrogen) atoms. The van der Waals surface area contributed by atoms with Crippen molar-refractivity contribution in [3.63, 3.8) is 0 Å². The predicted molar refractivity (Wildman–Crippen MR) is 76.8 cm³/mol. The zero-order chi connectivity index (χ0) is 14.6. The summed E-state index contributed by atoms with van der Waals surface area (Å²) in [4.78, 5) is 22.3. The lowest BCUT2D eigenvalue weighted by Crippen LogP contribution is -2.04. The summed E-state index contributed by atoms with van der Waals surface area (Å²) in [6.07, 6.45) is 6.35. The molecule has 0 amide bonds. The lowest BCUT2D eigenvalue weighted by Gasteiger charge is -1.99. The fraction of sp³-hybridized carbons (Fsp3) is 0.250. The second-order valence-corrected chi connectivity index (χ2v) is 3.85. The van der Waals surface area contributed by atoms with Crippen molar-refractivity contribution in [2.75, 3.05) is 13.2 Å². The highest BCUT2D eigenvalue weighted by Crippen LogP contribution is 2.00. The fourth-order valence-corrected chi connectivity index (χ4v) is 1.39. The van der Waals surface area contributed by atoms with Gasteiger partial charge in [0.2, 0.25) is 0 Å². The van der Waals surface area contributed by atoms with Crippen molar-refractivity contribution in [1.82, 2.24) is 0 Å². The summed E-state index contributed by atoms with van der Waals surface area (Å²) in [6.45, 7) is 2.25. The van der Waals surface area contributed by atoms with E-state index in [2.05, 4.69) is 4.74 Å². The van der Waals surface area contributed by atoms with Crippen molar-refractivity contribution in [1.29, 1.82) is 0 Å². The first-order valence-corrected chi connectivity index (χ1v) is 6.43. The van der Waals surface area contributed by atoms with Gasteiger partial charge in [0.25, 0.3) is 0 Å². The zero-order valence-corrected chi connectivity index (χ0v) is 11.5. The predicted octanol–water partition coefficient (Wildman–Crippen LogP) is 2.75. The minimum atomic E-state index is -0.454. The lowest BCUT2D eigenvalue weighted by molar-refractivity contribution is -0.141. The van der Waals surface area contributed by atoms with Crippen LogP contribution in [0.4, 0.5) is 0 Å². The van der Waals surface area contributed by atoms with Gasteiger partial charge in [-0.2, -0.15) is 0 Å². The third kappa shape index (κ3) is 7.16. The zero-order valence-electron chi connectivity index (χ0n) is 11.5. The van der Waals surface area contributed by atoms with Crippen molar-refractivity contribution in [2.24, 2.45) is 0 Å². The van der Waals surface area contributed by atoms with E-state index in [9.17, 15) is 9.59 Å². The van der Waals surface area contributed by atoms with Crippen LogP contribution in [-0.4, -0.2) is 25.2 Å². The number of carbonyl (C=O) groups is 2. The first kappa shape index (κ1) is 15.7. The van der Waals surface area contributed by atoms with Gasteiger partial charge in [-0.25, -0.2) is 4.79 Å². The molecule has 0 radical (unpaired) electrons. The lowest BCUT2D eigenvalue weighted by atomic mass is 10.2. The van der Waals surface area contributed by atoms with Gasteiger partial charge in [-0.3, -0.25) is 4.79 Å². The van der Waals surface area contributed by atoms with E-state index in [1.165, 1.54) is 12.2 Å². The van der Waals surface area contributed by atoms with E-state index in [1.54, 1.807) is 13.0 Å². The first-order chi connectivity index (χ1) is 9.72. The minimum Gasteiger partial charge on any atom is -0.463 e. The van der Waals surface area contributed by atoms with E-state index in [0.717, 1.165) is 5.56 Å².